The molecule has 2 rings (SSSR count). The normalized spacial score (nSPS) is 11.5. The molecule has 0 saturated heterocycles. The molecule has 3 N–H and O–H groups in total. The number of hydrogen-bond acceptors (Lipinski definition) is 3. The molecular formula is C17H18N2O3. The Hall–Kier alpha value is -2.82. The van der Waals surface area contributed by atoms with Crippen LogP contribution in [0.25, 0.3) is 0 Å². The number of carbonyl (C=O) groups excluding carboxylic acids is 2. The molecule has 0 aliphatic heterocycles. The van der Waals surface area contributed by atoms with Crippen LogP contribution in [0.15, 0.2) is 48.5 Å². The first-order chi connectivity index (χ1) is 10.5. The van der Waals surface area contributed by atoms with Crippen LogP contribution in [0, 0.1) is 6.92 Å². The fourth-order valence-electron chi connectivity index (χ4n) is 1.91. The Morgan fingerprint density at radius 1 is 1.14 bits per heavy atom. The molecule has 0 heterocycles. The van der Waals surface area contributed by atoms with E-state index in [1.807, 2.05) is 25.1 Å². The van der Waals surface area contributed by atoms with Gasteiger partial charge < -0.3 is 15.8 Å². The standard InChI is InChI=1S/C17H18N2O3/c1-11-4-3-5-15(10-11)22-12(2)17(21)19-14-8-6-13(7-9-14)16(18)20/h3-10,12H,1-2H3,(H2,18,20)(H,19,21)/t12-/m0/s1. The first-order valence-electron chi connectivity index (χ1n) is 6.90. The molecule has 2 aromatic rings. The lowest BCUT2D eigenvalue weighted by Gasteiger charge is -2.15. The SMILES string of the molecule is Cc1cccc(O[C@@H](C)C(=O)Nc2ccc(C(N)=O)cc2)c1. The van der Waals surface area contributed by atoms with Gasteiger partial charge in [-0.05, 0) is 55.8 Å². The molecule has 1 atom stereocenters. The highest BCUT2D eigenvalue weighted by atomic mass is 16.5. The molecule has 0 aromatic heterocycles. The largest absolute Gasteiger partial charge is 0.481 e. The van der Waals surface area contributed by atoms with Gasteiger partial charge in [0, 0.05) is 11.3 Å². The fourth-order valence-corrected chi connectivity index (χ4v) is 1.91. The summed E-state index contributed by atoms with van der Waals surface area (Å²) in [6, 6.07) is 13.9. The Bertz CT molecular complexity index is 681. The third kappa shape index (κ3) is 4.09. The van der Waals surface area contributed by atoms with Crippen molar-refractivity contribution in [2.45, 2.75) is 20.0 Å². The summed E-state index contributed by atoms with van der Waals surface area (Å²) in [6.45, 7) is 3.63. The predicted octanol–water partition coefficient (Wildman–Crippen LogP) is 2.50. The van der Waals surface area contributed by atoms with Gasteiger partial charge in [-0.1, -0.05) is 12.1 Å². The summed E-state index contributed by atoms with van der Waals surface area (Å²) in [5.74, 6) is -0.130. The zero-order chi connectivity index (χ0) is 16.1. The first-order valence-corrected chi connectivity index (χ1v) is 6.90. The van der Waals surface area contributed by atoms with Crippen LogP contribution < -0.4 is 15.8 Å². The van der Waals surface area contributed by atoms with Crippen molar-refractivity contribution in [3.8, 4) is 5.75 Å². The van der Waals surface area contributed by atoms with Gasteiger partial charge in [-0.25, -0.2) is 0 Å². The van der Waals surface area contributed by atoms with Crippen molar-refractivity contribution in [3.63, 3.8) is 0 Å². The number of hydrogen-bond donors (Lipinski definition) is 2. The average Bonchev–Trinajstić information content (AvgIpc) is 2.47. The van der Waals surface area contributed by atoms with Gasteiger partial charge in [-0.15, -0.1) is 0 Å². The Balaban J connectivity index is 1.97. The minimum Gasteiger partial charge on any atom is -0.481 e. The van der Waals surface area contributed by atoms with E-state index < -0.39 is 12.0 Å². The molecule has 0 spiro atoms. The van der Waals surface area contributed by atoms with Crippen LogP contribution >= 0.6 is 0 Å². The highest BCUT2D eigenvalue weighted by Crippen LogP contribution is 2.15. The molecule has 2 amide bonds. The molecule has 5 heteroatoms. The molecule has 2 aromatic carbocycles. The summed E-state index contributed by atoms with van der Waals surface area (Å²) in [7, 11) is 0. The highest BCUT2D eigenvalue weighted by molar-refractivity contribution is 5.96. The van der Waals surface area contributed by atoms with Crippen molar-refractivity contribution in [1.29, 1.82) is 0 Å². The predicted molar refractivity (Wildman–Crippen MR) is 84.9 cm³/mol. The molecule has 0 radical (unpaired) electrons. The Labute approximate surface area is 129 Å². The Kier molecular flexibility index (Phi) is 4.78. The van der Waals surface area contributed by atoms with Crippen LogP contribution in [0.3, 0.4) is 0 Å². The number of amides is 2. The van der Waals surface area contributed by atoms with Crippen LogP contribution in [0.2, 0.25) is 0 Å². The number of nitrogens with one attached hydrogen (secondary N) is 1. The van der Waals surface area contributed by atoms with E-state index in [4.69, 9.17) is 10.5 Å². The smallest absolute Gasteiger partial charge is 0.265 e. The van der Waals surface area contributed by atoms with Crippen molar-refractivity contribution in [3.05, 3.63) is 59.7 Å². The summed E-state index contributed by atoms with van der Waals surface area (Å²) in [6.07, 6.45) is -0.641. The van der Waals surface area contributed by atoms with Gasteiger partial charge >= 0.3 is 0 Å². The zero-order valence-corrected chi connectivity index (χ0v) is 12.5. The third-order valence-corrected chi connectivity index (χ3v) is 3.11. The third-order valence-electron chi connectivity index (χ3n) is 3.11. The zero-order valence-electron chi connectivity index (χ0n) is 12.5. The number of rotatable bonds is 5. The number of carbonyl (C=O) groups is 2. The molecule has 0 fully saturated rings. The minimum absolute atomic E-state index is 0.270. The van der Waals surface area contributed by atoms with E-state index in [9.17, 15) is 9.59 Å². The number of nitrogens with two attached hydrogens (primary N) is 1. The van der Waals surface area contributed by atoms with Crippen molar-refractivity contribution in [2.75, 3.05) is 5.32 Å². The number of anilines is 1. The summed E-state index contributed by atoms with van der Waals surface area (Å²) >= 11 is 0. The maximum Gasteiger partial charge on any atom is 0.265 e. The van der Waals surface area contributed by atoms with Gasteiger partial charge in [0.1, 0.15) is 5.75 Å². The second kappa shape index (κ2) is 6.76. The van der Waals surface area contributed by atoms with Crippen LogP contribution in [-0.4, -0.2) is 17.9 Å². The molecule has 5 nitrogen and oxygen atoms in total. The van der Waals surface area contributed by atoms with E-state index in [1.165, 1.54) is 0 Å². The summed E-state index contributed by atoms with van der Waals surface area (Å²) in [4.78, 5) is 23.1. The van der Waals surface area contributed by atoms with Crippen LogP contribution in [0.5, 0.6) is 5.75 Å². The van der Waals surface area contributed by atoms with E-state index in [0.29, 0.717) is 17.0 Å². The topological polar surface area (TPSA) is 81.4 Å². The lowest BCUT2D eigenvalue weighted by atomic mass is 10.2. The summed E-state index contributed by atoms with van der Waals surface area (Å²) < 4.78 is 5.60. The molecule has 22 heavy (non-hydrogen) atoms. The molecule has 114 valence electrons. The van der Waals surface area contributed by atoms with E-state index in [1.54, 1.807) is 37.3 Å². The van der Waals surface area contributed by atoms with Gasteiger partial charge in [0.2, 0.25) is 5.91 Å². The van der Waals surface area contributed by atoms with Crippen molar-refractivity contribution in [2.24, 2.45) is 5.73 Å². The molecular weight excluding hydrogens is 280 g/mol. The van der Waals surface area contributed by atoms with Crippen LogP contribution in [0.4, 0.5) is 5.69 Å². The van der Waals surface area contributed by atoms with Crippen molar-refractivity contribution >= 4 is 17.5 Å². The first kappa shape index (κ1) is 15.6. The second-order valence-electron chi connectivity index (χ2n) is 5.01. The van der Waals surface area contributed by atoms with E-state index in [0.717, 1.165) is 5.56 Å². The number of ether oxygens (including phenoxy) is 1. The average molecular weight is 298 g/mol. The second-order valence-corrected chi connectivity index (χ2v) is 5.01. The molecule has 0 aliphatic carbocycles. The van der Waals surface area contributed by atoms with Crippen molar-refractivity contribution < 1.29 is 14.3 Å². The van der Waals surface area contributed by atoms with E-state index in [-0.39, 0.29) is 5.91 Å². The van der Waals surface area contributed by atoms with Gasteiger partial charge in [-0.3, -0.25) is 9.59 Å². The van der Waals surface area contributed by atoms with E-state index >= 15 is 0 Å². The van der Waals surface area contributed by atoms with Crippen LogP contribution in [-0.2, 0) is 4.79 Å². The minimum atomic E-state index is -0.641. The van der Waals surface area contributed by atoms with Gasteiger partial charge in [0.05, 0.1) is 0 Å². The molecule has 0 bridgehead atoms. The fraction of sp³-hybridized carbons (Fsp3) is 0.176. The molecule has 0 unspecified atom stereocenters. The Morgan fingerprint density at radius 2 is 1.82 bits per heavy atom. The van der Waals surface area contributed by atoms with Crippen molar-refractivity contribution in [1.82, 2.24) is 0 Å². The van der Waals surface area contributed by atoms with Gasteiger partial charge in [0.15, 0.2) is 6.10 Å². The monoisotopic (exact) mass is 298 g/mol. The Morgan fingerprint density at radius 3 is 2.41 bits per heavy atom. The van der Waals surface area contributed by atoms with E-state index in [2.05, 4.69) is 5.32 Å². The number of aryl methyl sites for hydroxylation is 1. The lowest BCUT2D eigenvalue weighted by Crippen LogP contribution is -2.30. The lowest BCUT2D eigenvalue weighted by molar-refractivity contribution is -0.122. The van der Waals surface area contributed by atoms with Gasteiger partial charge in [0.25, 0.3) is 5.91 Å². The van der Waals surface area contributed by atoms with Crippen LogP contribution in [0.1, 0.15) is 22.8 Å². The maximum atomic E-state index is 12.1. The molecule has 0 saturated carbocycles. The number of benzene rings is 2. The summed E-state index contributed by atoms with van der Waals surface area (Å²) in [5.41, 5.74) is 7.20. The van der Waals surface area contributed by atoms with Gasteiger partial charge in [-0.2, -0.15) is 0 Å². The number of primary amides is 1. The maximum absolute atomic E-state index is 12.1. The quantitative estimate of drug-likeness (QED) is 0.889. The molecule has 0 aliphatic rings. The highest BCUT2D eigenvalue weighted by Gasteiger charge is 2.15. The summed E-state index contributed by atoms with van der Waals surface area (Å²) in [5, 5.41) is 2.73.